The highest BCUT2D eigenvalue weighted by Crippen LogP contribution is 2.21. The summed E-state index contributed by atoms with van der Waals surface area (Å²) in [6.45, 7) is -0.248. The number of carbonyl (C=O) groups is 1. The summed E-state index contributed by atoms with van der Waals surface area (Å²) in [4.78, 5) is 12.0. The summed E-state index contributed by atoms with van der Waals surface area (Å²) >= 11 is 3.07. The Kier molecular flexibility index (Phi) is 5.77. The Hall–Kier alpha value is -3.27. The second kappa shape index (κ2) is 8.41. The molecule has 0 atom stereocenters. The van der Waals surface area contributed by atoms with Gasteiger partial charge in [0.25, 0.3) is 5.91 Å². The number of carbonyl (C=O) groups excluding carboxylic acids is 1. The summed E-state index contributed by atoms with van der Waals surface area (Å²) in [5.41, 5.74) is 0.435. The fraction of sp³-hybridized carbons (Fsp3) is 0.0588. The molecule has 0 radical (unpaired) electrons. The van der Waals surface area contributed by atoms with Gasteiger partial charge < -0.3 is 15.4 Å². The summed E-state index contributed by atoms with van der Waals surface area (Å²) < 4.78 is 23.5. The third kappa shape index (κ3) is 4.88. The Balaban J connectivity index is 1.61. The highest BCUT2D eigenvalue weighted by atomic mass is 79.9. The molecule has 0 aliphatic heterocycles. The van der Waals surface area contributed by atoms with Gasteiger partial charge in [0.2, 0.25) is 5.82 Å². The maximum Gasteiger partial charge on any atom is 0.263 e. The number of rotatable bonds is 6. The number of halogens is 2. The number of amides is 1. The molecule has 0 spiro atoms. The third-order valence-electron chi connectivity index (χ3n) is 3.29. The van der Waals surface area contributed by atoms with Gasteiger partial charge in [-0.25, -0.2) is 9.02 Å². The quantitative estimate of drug-likeness (QED) is 0.405. The highest BCUT2D eigenvalue weighted by Gasteiger charge is 2.18. The molecule has 1 aromatic heterocycles. The maximum atomic E-state index is 13.3. The molecule has 0 aliphatic rings. The van der Waals surface area contributed by atoms with Crippen molar-refractivity contribution < 1.29 is 18.6 Å². The molecule has 0 saturated heterocycles. The van der Waals surface area contributed by atoms with E-state index in [0.29, 0.717) is 11.4 Å². The van der Waals surface area contributed by atoms with Crippen LogP contribution in [0.4, 0.5) is 15.9 Å². The van der Waals surface area contributed by atoms with E-state index in [1.807, 2.05) is 6.07 Å². The van der Waals surface area contributed by atoms with Gasteiger partial charge in [0.05, 0.1) is 4.47 Å². The molecule has 0 fully saturated rings. The third-order valence-corrected chi connectivity index (χ3v) is 3.89. The lowest BCUT2D eigenvalue weighted by molar-refractivity contribution is -0.118. The van der Waals surface area contributed by atoms with Crippen LogP contribution in [-0.2, 0) is 4.79 Å². The van der Waals surface area contributed by atoms with Gasteiger partial charge in [-0.05, 0) is 56.6 Å². The topological polar surface area (TPSA) is 113 Å². The van der Waals surface area contributed by atoms with Crippen LogP contribution < -0.4 is 15.4 Å². The smallest absolute Gasteiger partial charge is 0.263 e. The fourth-order valence-corrected chi connectivity index (χ4v) is 2.42. The molecule has 0 saturated carbocycles. The summed E-state index contributed by atoms with van der Waals surface area (Å²) in [6, 6.07) is 13.0. The number of benzene rings is 2. The van der Waals surface area contributed by atoms with Gasteiger partial charge in [0.15, 0.2) is 18.1 Å². The van der Waals surface area contributed by atoms with Gasteiger partial charge >= 0.3 is 0 Å². The van der Waals surface area contributed by atoms with Crippen molar-refractivity contribution in [1.82, 2.24) is 10.3 Å². The number of anilines is 2. The number of aromatic nitrogens is 2. The predicted octanol–water partition coefficient (Wildman–Crippen LogP) is 3.43. The number of para-hydroxylation sites is 1. The van der Waals surface area contributed by atoms with Gasteiger partial charge in [0, 0.05) is 5.69 Å². The van der Waals surface area contributed by atoms with E-state index in [9.17, 15) is 9.18 Å². The first-order valence-electron chi connectivity index (χ1n) is 7.64. The lowest BCUT2D eigenvalue weighted by Crippen LogP contribution is -2.23. The van der Waals surface area contributed by atoms with E-state index in [1.165, 1.54) is 18.2 Å². The minimum atomic E-state index is -0.492. The number of hydrogen-bond acceptors (Lipinski definition) is 6. The monoisotopic (exact) mass is 433 g/mol. The lowest BCUT2D eigenvalue weighted by Gasteiger charge is -2.08. The average molecular weight is 434 g/mol. The molecule has 0 aliphatic carbocycles. The SMILES string of the molecule is N=C(Nc1ccc(F)c(Br)c1)c1nonc1NC(=O)COc1ccccc1. The molecule has 2 aromatic carbocycles. The standard InChI is InChI=1S/C17H13BrFN5O3/c18-12-8-10(6-7-13(12)19)21-16(20)15-17(24-27-23-15)22-14(25)9-26-11-4-2-1-3-5-11/h1-8H,9H2,(H2,20,21)(H,22,24,25). The average Bonchev–Trinajstić information content (AvgIpc) is 3.12. The highest BCUT2D eigenvalue weighted by molar-refractivity contribution is 9.10. The van der Waals surface area contributed by atoms with Crippen LogP contribution in [0.15, 0.2) is 57.6 Å². The minimum Gasteiger partial charge on any atom is -0.484 e. The van der Waals surface area contributed by atoms with Gasteiger partial charge in [-0.15, -0.1) is 0 Å². The van der Waals surface area contributed by atoms with Crippen molar-refractivity contribution in [1.29, 1.82) is 5.41 Å². The fourth-order valence-electron chi connectivity index (χ4n) is 2.05. The van der Waals surface area contributed by atoms with Crippen molar-refractivity contribution in [3.63, 3.8) is 0 Å². The van der Waals surface area contributed by atoms with Crippen LogP contribution >= 0.6 is 15.9 Å². The van der Waals surface area contributed by atoms with Crippen molar-refractivity contribution in [2.45, 2.75) is 0 Å². The van der Waals surface area contributed by atoms with Crippen molar-refractivity contribution in [3.05, 3.63) is 64.5 Å². The summed E-state index contributed by atoms with van der Waals surface area (Å²) in [7, 11) is 0. The van der Waals surface area contributed by atoms with Crippen molar-refractivity contribution in [2.75, 3.05) is 17.2 Å². The Morgan fingerprint density at radius 1 is 1.19 bits per heavy atom. The number of nitrogens with one attached hydrogen (secondary N) is 3. The first-order valence-corrected chi connectivity index (χ1v) is 8.43. The van der Waals surface area contributed by atoms with Crippen LogP contribution in [0, 0.1) is 11.2 Å². The second-order valence-corrected chi connectivity index (χ2v) is 6.09. The Morgan fingerprint density at radius 2 is 1.96 bits per heavy atom. The van der Waals surface area contributed by atoms with Crippen LogP contribution in [0.2, 0.25) is 0 Å². The molecule has 27 heavy (non-hydrogen) atoms. The molecule has 3 N–H and O–H groups in total. The van der Waals surface area contributed by atoms with Crippen LogP contribution in [0.3, 0.4) is 0 Å². The van der Waals surface area contributed by atoms with Crippen LogP contribution in [0.5, 0.6) is 5.75 Å². The van der Waals surface area contributed by atoms with Crippen molar-refractivity contribution in [3.8, 4) is 5.75 Å². The van der Waals surface area contributed by atoms with E-state index < -0.39 is 11.7 Å². The molecule has 3 aromatic rings. The second-order valence-electron chi connectivity index (χ2n) is 5.24. The summed E-state index contributed by atoms with van der Waals surface area (Å²) in [6.07, 6.45) is 0. The normalized spacial score (nSPS) is 10.3. The van der Waals surface area contributed by atoms with E-state index >= 15 is 0 Å². The Morgan fingerprint density at radius 3 is 2.70 bits per heavy atom. The van der Waals surface area contributed by atoms with E-state index in [4.69, 9.17) is 10.1 Å². The van der Waals surface area contributed by atoms with E-state index in [-0.39, 0.29) is 28.4 Å². The summed E-state index contributed by atoms with van der Waals surface area (Å²) in [5, 5.41) is 20.4. The lowest BCUT2D eigenvalue weighted by atomic mass is 10.3. The number of amidine groups is 1. The first-order chi connectivity index (χ1) is 13.0. The molecular weight excluding hydrogens is 421 g/mol. The summed E-state index contributed by atoms with van der Waals surface area (Å²) in [5.74, 6) is -0.596. The van der Waals surface area contributed by atoms with E-state index in [2.05, 4.69) is 41.5 Å². The van der Waals surface area contributed by atoms with Crippen molar-refractivity contribution in [2.24, 2.45) is 0 Å². The van der Waals surface area contributed by atoms with E-state index in [0.717, 1.165) is 0 Å². The zero-order valence-electron chi connectivity index (χ0n) is 13.7. The number of hydrogen-bond donors (Lipinski definition) is 3. The minimum absolute atomic E-state index is 0.0106. The van der Waals surface area contributed by atoms with Crippen molar-refractivity contribution >= 4 is 39.2 Å². The maximum absolute atomic E-state index is 13.3. The first kappa shape index (κ1) is 18.5. The van der Waals surface area contributed by atoms with Crippen LogP contribution in [-0.4, -0.2) is 28.7 Å². The van der Waals surface area contributed by atoms with Gasteiger partial charge in [-0.3, -0.25) is 10.2 Å². The Labute approximate surface area is 161 Å². The zero-order chi connectivity index (χ0) is 19.2. The molecule has 3 rings (SSSR count). The largest absolute Gasteiger partial charge is 0.484 e. The van der Waals surface area contributed by atoms with Crippen LogP contribution in [0.1, 0.15) is 5.69 Å². The number of nitrogens with zero attached hydrogens (tertiary/aromatic N) is 2. The zero-order valence-corrected chi connectivity index (χ0v) is 15.3. The molecule has 1 amide bonds. The van der Waals surface area contributed by atoms with Gasteiger partial charge in [-0.1, -0.05) is 18.2 Å². The van der Waals surface area contributed by atoms with Gasteiger partial charge in [0.1, 0.15) is 11.6 Å². The molecule has 1 heterocycles. The molecule has 10 heteroatoms. The number of ether oxygens (including phenoxy) is 1. The molecule has 8 nitrogen and oxygen atoms in total. The molecule has 0 unspecified atom stereocenters. The predicted molar refractivity (Wildman–Crippen MR) is 99.4 cm³/mol. The van der Waals surface area contributed by atoms with Crippen LogP contribution in [0.25, 0.3) is 0 Å². The molecular formula is C17H13BrFN5O3. The van der Waals surface area contributed by atoms with E-state index in [1.54, 1.807) is 24.3 Å². The molecule has 138 valence electrons. The molecule has 0 bridgehead atoms. The van der Waals surface area contributed by atoms with Gasteiger partial charge in [-0.2, -0.15) is 0 Å². The Bertz CT molecular complexity index is 964.